The SMILES string of the molecule is Cc1cnc(NC(=O)CC[C@@H]2c3c[nH]nc3[C@@]3(C)CCC4c5cc(Br)c(O)c(Br)c5CCC4C23)s1. The minimum atomic E-state index is 0.0208. The number of nitrogens with zero attached hydrogens (tertiary/aromatic N) is 2. The number of H-pyrrole nitrogens is 1. The monoisotopic (exact) mass is 618 g/mol. The number of halogens is 2. The van der Waals surface area contributed by atoms with Crippen molar-refractivity contribution in [2.24, 2.45) is 11.8 Å². The third-order valence-corrected chi connectivity index (χ3v) is 11.0. The van der Waals surface area contributed by atoms with Crippen LogP contribution in [0.3, 0.4) is 0 Å². The highest BCUT2D eigenvalue weighted by Gasteiger charge is 2.58. The summed E-state index contributed by atoms with van der Waals surface area (Å²) >= 11 is 8.73. The summed E-state index contributed by atoms with van der Waals surface area (Å²) < 4.78 is 1.58. The van der Waals surface area contributed by atoms with Crippen molar-refractivity contribution < 1.29 is 9.90 Å². The van der Waals surface area contributed by atoms with Crippen LogP contribution in [0.1, 0.15) is 78.1 Å². The van der Waals surface area contributed by atoms with Gasteiger partial charge in [-0.2, -0.15) is 5.10 Å². The van der Waals surface area contributed by atoms with Gasteiger partial charge in [-0.3, -0.25) is 9.89 Å². The number of aromatic amines is 1. The van der Waals surface area contributed by atoms with Crippen LogP contribution in [0.15, 0.2) is 27.4 Å². The molecule has 2 aromatic heterocycles. The quantitative estimate of drug-likeness (QED) is 0.295. The molecule has 0 aliphatic heterocycles. The van der Waals surface area contributed by atoms with Crippen LogP contribution in [0, 0.1) is 18.8 Å². The normalized spacial score (nSPS) is 28.7. The molecule has 2 heterocycles. The zero-order chi connectivity index (χ0) is 24.5. The van der Waals surface area contributed by atoms with E-state index in [0.717, 1.165) is 45.9 Å². The second-order valence-electron chi connectivity index (χ2n) is 10.5. The number of rotatable bonds is 4. The number of hydrogen-bond donors (Lipinski definition) is 3. The Kier molecular flexibility index (Phi) is 5.88. The van der Waals surface area contributed by atoms with Crippen LogP contribution >= 0.6 is 43.2 Å². The fraction of sp³-hybridized carbons (Fsp3) is 0.500. The van der Waals surface area contributed by atoms with Crippen LogP contribution in [-0.4, -0.2) is 26.2 Å². The maximum Gasteiger partial charge on any atom is 0.226 e. The van der Waals surface area contributed by atoms with Gasteiger partial charge in [0.25, 0.3) is 0 Å². The number of amides is 1. The fourth-order valence-corrected chi connectivity index (χ4v) is 9.39. The highest BCUT2D eigenvalue weighted by molar-refractivity contribution is 9.11. The van der Waals surface area contributed by atoms with E-state index in [1.807, 2.05) is 6.92 Å². The Hall–Kier alpha value is -1.71. The van der Waals surface area contributed by atoms with Crippen LogP contribution < -0.4 is 5.32 Å². The number of fused-ring (bicyclic) bond motifs is 7. The summed E-state index contributed by atoms with van der Waals surface area (Å²) in [6.45, 7) is 4.39. The first-order chi connectivity index (χ1) is 16.8. The lowest BCUT2D eigenvalue weighted by molar-refractivity contribution is -0.116. The number of thiazole rings is 1. The van der Waals surface area contributed by atoms with Crippen molar-refractivity contribution in [3.05, 3.63) is 54.7 Å². The van der Waals surface area contributed by atoms with Crippen molar-refractivity contribution in [3.8, 4) is 5.75 Å². The van der Waals surface area contributed by atoms with Gasteiger partial charge in [-0.25, -0.2) is 4.98 Å². The largest absolute Gasteiger partial charge is 0.506 e. The molecule has 1 fully saturated rings. The summed E-state index contributed by atoms with van der Waals surface area (Å²) in [7, 11) is 0. The van der Waals surface area contributed by atoms with Crippen molar-refractivity contribution >= 4 is 54.2 Å². The number of aromatic nitrogens is 3. The number of aryl methyl sites for hydroxylation is 1. The number of phenolic OH excluding ortho intramolecular Hbond substituents is 1. The molecule has 6 nitrogen and oxygen atoms in total. The number of aromatic hydroxyl groups is 1. The molecule has 5 atom stereocenters. The number of benzene rings is 1. The van der Waals surface area contributed by atoms with Crippen LogP contribution in [0.5, 0.6) is 5.75 Å². The zero-order valence-electron chi connectivity index (χ0n) is 19.7. The topological polar surface area (TPSA) is 90.9 Å². The van der Waals surface area contributed by atoms with Crippen molar-refractivity contribution in [2.45, 2.75) is 69.6 Å². The van der Waals surface area contributed by atoms with Crippen LogP contribution in [0.2, 0.25) is 0 Å². The summed E-state index contributed by atoms with van der Waals surface area (Å²) in [5.74, 6) is 2.05. The van der Waals surface area contributed by atoms with Gasteiger partial charge in [-0.05, 0) is 117 Å². The Balaban J connectivity index is 1.30. The van der Waals surface area contributed by atoms with Crippen molar-refractivity contribution in [1.29, 1.82) is 0 Å². The molecule has 3 aliphatic carbocycles. The van der Waals surface area contributed by atoms with E-state index >= 15 is 0 Å². The Morgan fingerprint density at radius 1 is 1.34 bits per heavy atom. The molecule has 3 N–H and O–H groups in total. The van der Waals surface area contributed by atoms with Crippen LogP contribution in [0.25, 0.3) is 0 Å². The third-order valence-electron chi connectivity index (χ3n) is 8.74. The second kappa shape index (κ2) is 8.70. The molecule has 3 unspecified atom stereocenters. The van der Waals surface area contributed by atoms with Gasteiger partial charge in [-0.1, -0.05) is 6.92 Å². The fourth-order valence-electron chi connectivity index (χ4n) is 7.36. The Labute approximate surface area is 225 Å². The molecule has 0 spiro atoms. The highest BCUT2D eigenvalue weighted by Crippen LogP contribution is 2.65. The number of carbonyl (C=O) groups excluding carboxylic acids is 1. The van der Waals surface area contributed by atoms with Gasteiger partial charge in [0.1, 0.15) is 5.75 Å². The molecule has 1 amide bonds. The molecule has 3 aliphatic rings. The Morgan fingerprint density at radius 2 is 2.17 bits per heavy atom. The predicted molar refractivity (Wildman–Crippen MR) is 144 cm³/mol. The standard InChI is InChI=1S/C26H28Br2N4O2S/c1-12-10-29-25(35-12)31-20(33)6-5-15-18-11-30-32-24(18)26(2)8-7-13-14(21(15)26)3-4-16-17(13)9-19(27)23(34)22(16)28/h9-11,13-15,21,34H,3-8H2,1-2H3,(H,30,32)(H,29,31,33)/t13?,14?,15-,21?,26+/m1/s1. The van der Waals surface area contributed by atoms with E-state index in [-0.39, 0.29) is 11.3 Å². The molecule has 0 saturated heterocycles. The lowest BCUT2D eigenvalue weighted by atomic mass is 9.53. The highest BCUT2D eigenvalue weighted by atomic mass is 79.9. The third kappa shape index (κ3) is 3.72. The lowest BCUT2D eigenvalue weighted by Gasteiger charge is -2.51. The summed E-state index contributed by atoms with van der Waals surface area (Å²) in [6.07, 6.45) is 9.37. The van der Waals surface area contributed by atoms with Gasteiger partial charge >= 0.3 is 0 Å². The Morgan fingerprint density at radius 3 is 2.94 bits per heavy atom. The first-order valence-corrected chi connectivity index (χ1v) is 14.6. The number of carbonyl (C=O) groups is 1. The molecule has 9 heteroatoms. The molecular formula is C26H28Br2N4O2S. The lowest BCUT2D eigenvalue weighted by Crippen LogP contribution is -2.44. The summed E-state index contributed by atoms with van der Waals surface area (Å²) in [5.41, 5.74) is 5.14. The first kappa shape index (κ1) is 23.7. The average Bonchev–Trinajstić information content (AvgIpc) is 3.52. The Bertz CT molecular complexity index is 1320. The summed E-state index contributed by atoms with van der Waals surface area (Å²) in [5, 5.41) is 22.0. The maximum absolute atomic E-state index is 12.8. The molecular weight excluding hydrogens is 592 g/mol. The molecule has 1 saturated carbocycles. The molecule has 0 radical (unpaired) electrons. The van der Waals surface area contributed by atoms with E-state index in [2.05, 4.69) is 66.4 Å². The van der Waals surface area contributed by atoms with Crippen molar-refractivity contribution in [3.63, 3.8) is 0 Å². The molecule has 184 valence electrons. The zero-order valence-corrected chi connectivity index (χ0v) is 23.7. The van der Waals surface area contributed by atoms with Gasteiger partial charge in [0.05, 0.1) is 14.6 Å². The van der Waals surface area contributed by atoms with Crippen LogP contribution in [-0.2, 0) is 16.6 Å². The molecule has 1 aromatic carbocycles. The van der Waals surface area contributed by atoms with Gasteiger partial charge in [-0.15, -0.1) is 11.3 Å². The molecule has 35 heavy (non-hydrogen) atoms. The van der Waals surface area contributed by atoms with Gasteiger partial charge in [0, 0.05) is 29.1 Å². The van der Waals surface area contributed by atoms with E-state index in [0.29, 0.717) is 41.0 Å². The smallest absolute Gasteiger partial charge is 0.226 e. The second-order valence-corrected chi connectivity index (χ2v) is 13.4. The number of anilines is 1. The molecule has 6 rings (SSSR count). The van der Waals surface area contributed by atoms with E-state index in [9.17, 15) is 9.90 Å². The van der Waals surface area contributed by atoms with Crippen LogP contribution in [0.4, 0.5) is 5.13 Å². The first-order valence-electron chi connectivity index (χ1n) is 12.2. The van der Waals surface area contributed by atoms with Gasteiger partial charge in [0.15, 0.2) is 5.13 Å². The van der Waals surface area contributed by atoms with Crippen molar-refractivity contribution in [2.75, 3.05) is 5.32 Å². The predicted octanol–water partition coefficient (Wildman–Crippen LogP) is 6.94. The average molecular weight is 620 g/mol. The minimum absolute atomic E-state index is 0.0208. The summed E-state index contributed by atoms with van der Waals surface area (Å²) in [4.78, 5) is 18.2. The van der Waals surface area contributed by atoms with E-state index < -0.39 is 0 Å². The molecule has 0 bridgehead atoms. The maximum atomic E-state index is 12.8. The van der Waals surface area contributed by atoms with E-state index in [1.54, 1.807) is 6.20 Å². The molecule has 3 aromatic rings. The number of phenols is 1. The number of hydrogen-bond acceptors (Lipinski definition) is 5. The van der Waals surface area contributed by atoms with E-state index in [4.69, 9.17) is 5.10 Å². The minimum Gasteiger partial charge on any atom is -0.506 e. The van der Waals surface area contributed by atoms with E-state index in [1.165, 1.54) is 33.7 Å². The van der Waals surface area contributed by atoms with Crippen molar-refractivity contribution in [1.82, 2.24) is 15.2 Å². The van der Waals surface area contributed by atoms with Gasteiger partial charge in [0.2, 0.25) is 5.91 Å². The van der Waals surface area contributed by atoms with Gasteiger partial charge < -0.3 is 10.4 Å². The number of nitrogens with one attached hydrogen (secondary N) is 2. The summed E-state index contributed by atoms with van der Waals surface area (Å²) in [6, 6.07) is 2.14.